The number of carbonyl (C=O) groups excluding carboxylic acids is 5. The van der Waals surface area contributed by atoms with Crippen molar-refractivity contribution in [1.82, 2.24) is 10.9 Å². The fourth-order valence-electron chi connectivity index (χ4n) is 6.66. The topological polar surface area (TPSA) is 122 Å². The van der Waals surface area contributed by atoms with E-state index in [-0.39, 0.29) is 57.6 Å². The summed E-state index contributed by atoms with van der Waals surface area (Å²) in [6.07, 6.45) is 1.75. The number of nitrogens with one attached hydrogen (secondary N) is 2. The molecule has 2 N–H and O–H groups in total. The average Bonchev–Trinajstić information content (AvgIpc) is 3.66. The lowest BCUT2D eigenvalue weighted by molar-refractivity contribution is -0.125. The molecule has 3 fully saturated rings. The molecule has 1 saturated heterocycles. The molecular weight excluding hydrogens is 546 g/mol. The van der Waals surface area contributed by atoms with Gasteiger partial charge in [-0.05, 0) is 66.5 Å². The van der Waals surface area contributed by atoms with Crippen molar-refractivity contribution in [2.75, 3.05) is 11.5 Å². The molecule has 208 valence electrons. The number of fused-ring (bicyclic) bond motifs is 5. The molecule has 1 heterocycles. The predicted molar refractivity (Wildman–Crippen MR) is 149 cm³/mol. The van der Waals surface area contributed by atoms with Gasteiger partial charge in [0.05, 0.1) is 33.7 Å². The summed E-state index contributed by atoms with van der Waals surface area (Å²) in [5.74, 6) is -2.86. The van der Waals surface area contributed by atoms with Crippen molar-refractivity contribution in [2.45, 2.75) is 18.8 Å². The Bertz CT molecular complexity index is 1560. The van der Waals surface area contributed by atoms with Gasteiger partial charge in [-0.3, -0.25) is 34.9 Å². The van der Waals surface area contributed by atoms with Crippen molar-refractivity contribution in [2.24, 2.45) is 23.7 Å². The van der Waals surface area contributed by atoms with Crippen LogP contribution in [0.3, 0.4) is 0 Å². The summed E-state index contributed by atoms with van der Waals surface area (Å²) < 4.78 is 5.09. The van der Waals surface area contributed by atoms with E-state index in [4.69, 9.17) is 16.3 Å². The van der Waals surface area contributed by atoms with E-state index < -0.39 is 24.4 Å². The van der Waals surface area contributed by atoms with Crippen LogP contribution in [0.2, 0.25) is 5.02 Å². The van der Waals surface area contributed by atoms with Gasteiger partial charge in [0.2, 0.25) is 11.8 Å². The lowest BCUT2D eigenvalue weighted by Crippen LogP contribution is -2.43. The maximum Gasteiger partial charge on any atom is 0.338 e. The zero-order valence-corrected chi connectivity index (χ0v) is 22.5. The first-order chi connectivity index (χ1) is 19.8. The molecule has 41 heavy (non-hydrogen) atoms. The van der Waals surface area contributed by atoms with Crippen LogP contribution in [0.15, 0.2) is 78.9 Å². The van der Waals surface area contributed by atoms with E-state index in [1.54, 1.807) is 24.3 Å². The summed E-state index contributed by atoms with van der Waals surface area (Å²) in [5, 5.41) is 0.216. The number of anilines is 1. The van der Waals surface area contributed by atoms with Gasteiger partial charge in [0.25, 0.3) is 11.8 Å². The third-order valence-electron chi connectivity index (χ3n) is 8.35. The first-order valence-corrected chi connectivity index (χ1v) is 13.7. The summed E-state index contributed by atoms with van der Waals surface area (Å²) >= 11 is 5.97. The quantitative estimate of drug-likeness (QED) is 0.263. The molecule has 3 aromatic rings. The van der Waals surface area contributed by atoms with Crippen molar-refractivity contribution < 1.29 is 28.7 Å². The van der Waals surface area contributed by atoms with Gasteiger partial charge in [-0.1, -0.05) is 60.1 Å². The van der Waals surface area contributed by atoms with Crippen LogP contribution in [0.5, 0.6) is 0 Å². The molecule has 1 aliphatic heterocycles. The number of rotatable bonds is 6. The monoisotopic (exact) mass is 571 g/mol. The van der Waals surface area contributed by atoms with Crippen molar-refractivity contribution in [3.8, 4) is 0 Å². The highest BCUT2D eigenvalue weighted by Gasteiger charge is 2.64. The molecule has 5 atom stereocenters. The summed E-state index contributed by atoms with van der Waals surface area (Å²) in [7, 11) is 0. The van der Waals surface area contributed by atoms with Crippen LogP contribution in [-0.4, -0.2) is 36.2 Å². The lowest BCUT2D eigenvalue weighted by Gasteiger charge is -2.28. The molecule has 6 rings (SSSR count). The van der Waals surface area contributed by atoms with Crippen LogP contribution >= 0.6 is 11.6 Å². The van der Waals surface area contributed by atoms with Crippen LogP contribution in [0.4, 0.5) is 5.69 Å². The van der Waals surface area contributed by atoms with Crippen molar-refractivity contribution >= 4 is 46.9 Å². The van der Waals surface area contributed by atoms with E-state index in [1.807, 2.05) is 18.2 Å². The fourth-order valence-corrected chi connectivity index (χ4v) is 6.88. The Labute approximate surface area is 240 Å². The van der Waals surface area contributed by atoms with E-state index in [9.17, 15) is 24.0 Å². The van der Waals surface area contributed by atoms with Crippen LogP contribution in [0, 0.1) is 23.7 Å². The minimum Gasteiger partial charge on any atom is -0.452 e. The van der Waals surface area contributed by atoms with Crippen molar-refractivity contribution in [3.63, 3.8) is 0 Å². The highest BCUT2D eigenvalue weighted by Crippen LogP contribution is 2.61. The number of hydrogen-bond donors (Lipinski definition) is 2. The van der Waals surface area contributed by atoms with Gasteiger partial charge in [0.15, 0.2) is 6.61 Å². The first-order valence-electron chi connectivity index (χ1n) is 13.4. The smallest absolute Gasteiger partial charge is 0.338 e. The number of amides is 4. The highest BCUT2D eigenvalue weighted by atomic mass is 35.5. The van der Waals surface area contributed by atoms with E-state index in [1.165, 1.54) is 34.7 Å². The van der Waals surface area contributed by atoms with Crippen molar-refractivity contribution in [3.05, 3.63) is 101 Å². The molecule has 2 aliphatic carbocycles. The van der Waals surface area contributed by atoms with Crippen molar-refractivity contribution in [1.29, 1.82) is 0 Å². The SMILES string of the molecule is O=C(COC(=O)c1cccc(N2C(=O)[C@@H]3[C@@H]4C[C@@H]([C@H]3C2=O)[C@@H](c2ccccc2)C4)c1)NNC(=O)c1ccccc1Cl. The zero-order valence-electron chi connectivity index (χ0n) is 21.8. The Kier molecular flexibility index (Phi) is 7.05. The van der Waals surface area contributed by atoms with Gasteiger partial charge < -0.3 is 4.74 Å². The second-order valence-corrected chi connectivity index (χ2v) is 11.0. The number of nitrogens with zero attached hydrogens (tertiary/aromatic N) is 1. The standard InChI is InChI=1S/C31H26ClN3O6/c32-24-12-5-4-11-21(24)28(37)34-33-25(36)16-41-31(40)18-9-6-10-20(13-18)35-29(38)26-19-14-22(17-7-2-1-3-8-17)23(15-19)27(26)30(35)39/h1-13,19,22-23,26-27H,14-16H2,(H,33,36)(H,34,37)/t19-,22+,23+,26+,27+/m0/s1. The van der Waals surface area contributed by atoms with Crippen LogP contribution in [0.1, 0.15) is 45.0 Å². The third kappa shape index (κ3) is 4.86. The van der Waals surface area contributed by atoms with Crippen LogP contribution in [-0.2, 0) is 19.1 Å². The maximum atomic E-state index is 13.6. The molecule has 9 nitrogen and oxygen atoms in total. The van der Waals surface area contributed by atoms with Gasteiger partial charge in [0.1, 0.15) is 0 Å². The molecule has 2 bridgehead atoms. The van der Waals surface area contributed by atoms with Crippen LogP contribution < -0.4 is 15.8 Å². The number of imide groups is 1. The maximum absolute atomic E-state index is 13.6. The number of benzene rings is 3. The Morgan fingerprint density at radius 1 is 0.854 bits per heavy atom. The predicted octanol–water partition coefficient (Wildman–Crippen LogP) is 3.89. The van der Waals surface area contributed by atoms with E-state index in [0.717, 1.165) is 12.8 Å². The molecular formula is C31H26ClN3O6. The molecule has 3 aromatic carbocycles. The van der Waals surface area contributed by atoms with Gasteiger partial charge >= 0.3 is 5.97 Å². The molecule has 3 aliphatic rings. The number of carbonyl (C=O) groups is 5. The number of hydrazine groups is 1. The Balaban J connectivity index is 1.08. The Morgan fingerprint density at radius 2 is 1.59 bits per heavy atom. The molecule has 0 spiro atoms. The minimum atomic E-state index is -0.817. The molecule has 4 amide bonds. The van der Waals surface area contributed by atoms with Crippen LogP contribution in [0.25, 0.3) is 0 Å². The van der Waals surface area contributed by atoms with Gasteiger partial charge in [-0.2, -0.15) is 0 Å². The first kappa shape index (κ1) is 26.7. The van der Waals surface area contributed by atoms with E-state index >= 15 is 0 Å². The number of esters is 1. The Morgan fingerprint density at radius 3 is 2.37 bits per heavy atom. The van der Waals surface area contributed by atoms with Gasteiger partial charge in [-0.25, -0.2) is 4.79 Å². The molecule has 0 aromatic heterocycles. The minimum absolute atomic E-state index is 0.0817. The van der Waals surface area contributed by atoms with Gasteiger partial charge in [0, 0.05) is 0 Å². The normalized spacial score (nSPS) is 24.2. The number of halogens is 1. The van der Waals surface area contributed by atoms with E-state index in [2.05, 4.69) is 23.0 Å². The summed E-state index contributed by atoms with van der Waals surface area (Å²) in [6.45, 7) is -0.665. The largest absolute Gasteiger partial charge is 0.452 e. The summed E-state index contributed by atoms with van der Waals surface area (Å²) in [6, 6.07) is 22.5. The van der Waals surface area contributed by atoms with E-state index in [0.29, 0.717) is 5.69 Å². The Hall–Kier alpha value is -4.50. The highest BCUT2D eigenvalue weighted by molar-refractivity contribution is 6.33. The lowest BCUT2D eigenvalue weighted by atomic mass is 9.73. The summed E-state index contributed by atoms with van der Waals surface area (Å²) in [5.41, 5.74) is 6.13. The average molecular weight is 572 g/mol. The second-order valence-electron chi connectivity index (χ2n) is 10.6. The fraction of sp³-hybridized carbons (Fsp3) is 0.258. The third-order valence-corrected chi connectivity index (χ3v) is 8.68. The summed E-state index contributed by atoms with van der Waals surface area (Å²) in [4.78, 5) is 65.3. The van der Waals surface area contributed by atoms with Gasteiger partial charge in [-0.15, -0.1) is 0 Å². The molecule has 2 saturated carbocycles. The molecule has 0 radical (unpaired) electrons. The number of ether oxygens (including phenoxy) is 1. The zero-order chi connectivity index (χ0) is 28.7. The molecule has 0 unspecified atom stereocenters. The second kappa shape index (κ2) is 10.8. The molecule has 10 heteroatoms. The number of hydrogen-bond acceptors (Lipinski definition) is 6.